The highest BCUT2D eigenvalue weighted by Gasteiger charge is 2.24. The van der Waals surface area contributed by atoms with Crippen molar-refractivity contribution >= 4 is 33.8 Å². The molecule has 198 valence electrons. The topological polar surface area (TPSA) is 76.5 Å². The van der Waals surface area contributed by atoms with Crippen LogP contribution < -0.4 is 10.1 Å². The number of methoxy groups -OCH3 is 1. The zero-order chi connectivity index (χ0) is 27.2. The Balaban J connectivity index is 1.61. The van der Waals surface area contributed by atoms with Crippen molar-refractivity contribution in [2.75, 3.05) is 20.2 Å². The Morgan fingerprint density at radius 1 is 0.949 bits per heavy atom. The first-order valence-electron chi connectivity index (χ1n) is 12.9. The number of hydrogen-bond acceptors (Lipinski definition) is 4. The van der Waals surface area contributed by atoms with Gasteiger partial charge in [-0.2, -0.15) is 5.10 Å². The predicted octanol–water partition coefficient (Wildman–Crippen LogP) is 6.09. The molecule has 1 aliphatic rings. The molecule has 0 atom stereocenters. The van der Waals surface area contributed by atoms with E-state index in [1.807, 2.05) is 65.7 Å². The minimum absolute atomic E-state index is 0.201. The number of para-hydroxylation sites is 1. The number of amides is 2. The summed E-state index contributed by atoms with van der Waals surface area (Å²) in [5, 5.41) is 7.78. The van der Waals surface area contributed by atoms with Crippen LogP contribution in [-0.2, 0) is 4.79 Å². The van der Waals surface area contributed by atoms with E-state index >= 15 is 0 Å². The van der Waals surface area contributed by atoms with E-state index in [1.54, 1.807) is 42.1 Å². The number of hydrogen-bond donors (Lipinski definition) is 1. The number of halogens is 1. The van der Waals surface area contributed by atoms with Crippen molar-refractivity contribution in [3.8, 4) is 22.7 Å². The van der Waals surface area contributed by atoms with Gasteiger partial charge in [-0.1, -0.05) is 36.4 Å². The number of piperidine rings is 1. The highest BCUT2D eigenvalue weighted by molar-refractivity contribution is 9.10. The number of likely N-dealkylation sites (tertiary alicyclic amines) is 1. The second-order valence-corrected chi connectivity index (χ2v) is 10.1. The van der Waals surface area contributed by atoms with Crippen molar-refractivity contribution in [3.05, 3.63) is 106 Å². The third kappa shape index (κ3) is 6.12. The molecular weight excluding hydrogens is 556 g/mol. The maximum absolute atomic E-state index is 13.7. The summed E-state index contributed by atoms with van der Waals surface area (Å²) in [5.41, 5.74) is 3.78. The van der Waals surface area contributed by atoms with Gasteiger partial charge in [0.15, 0.2) is 0 Å². The third-order valence-corrected chi connectivity index (χ3v) is 7.27. The molecule has 1 saturated heterocycles. The third-order valence-electron chi connectivity index (χ3n) is 6.65. The molecule has 0 saturated carbocycles. The standard InChI is InChI=1S/C31H29BrN4O3/c1-39-28-16-15-23(19-26(28)32)29-24(21-36(34-29)25-13-7-3-8-14-25)20-27(31(38)35-17-9-4-10-18-35)33-30(37)22-11-5-2-6-12-22/h2-3,5-8,11-16,19-21H,4,9-10,17-18H2,1H3,(H,33,37)/b27-20-. The van der Waals surface area contributed by atoms with Crippen LogP contribution in [0.2, 0.25) is 0 Å². The van der Waals surface area contributed by atoms with E-state index in [2.05, 4.69) is 21.2 Å². The monoisotopic (exact) mass is 584 g/mol. The van der Waals surface area contributed by atoms with Crippen LogP contribution in [0.4, 0.5) is 0 Å². The molecule has 0 aliphatic carbocycles. The van der Waals surface area contributed by atoms with Crippen molar-refractivity contribution in [1.29, 1.82) is 0 Å². The molecule has 1 aromatic heterocycles. The summed E-state index contributed by atoms with van der Waals surface area (Å²) in [4.78, 5) is 28.7. The molecule has 0 spiro atoms. The average molecular weight is 586 g/mol. The van der Waals surface area contributed by atoms with Crippen LogP contribution in [0.3, 0.4) is 0 Å². The second kappa shape index (κ2) is 12.1. The van der Waals surface area contributed by atoms with E-state index in [-0.39, 0.29) is 17.5 Å². The minimum Gasteiger partial charge on any atom is -0.496 e. The summed E-state index contributed by atoms with van der Waals surface area (Å²) >= 11 is 3.57. The molecule has 0 bridgehead atoms. The summed E-state index contributed by atoms with van der Waals surface area (Å²) in [6, 6.07) is 24.4. The van der Waals surface area contributed by atoms with Gasteiger partial charge in [0.1, 0.15) is 17.1 Å². The Bertz CT molecular complexity index is 1490. The Kier molecular flexibility index (Phi) is 8.22. The van der Waals surface area contributed by atoms with Gasteiger partial charge in [-0.25, -0.2) is 4.68 Å². The first kappa shape index (κ1) is 26.4. The van der Waals surface area contributed by atoms with Gasteiger partial charge in [0.25, 0.3) is 11.8 Å². The van der Waals surface area contributed by atoms with E-state index < -0.39 is 0 Å². The van der Waals surface area contributed by atoms with E-state index in [0.29, 0.717) is 35.7 Å². The average Bonchev–Trinajstić information content (AvgIpc) is 3.41. The number of benzene rings is 3. The van der Waals surface area contributed by atoms with Gasteiger partial charge in [0, 0.05) is 36.0 Å². The van der Waals surface area contributed by atoms with E-state index in [4.69, 9.17) is 9.84 Å². The maximum atomic E-state index is 13.7. The molecule has 7 nitrogen and oxygen atoms in total. The highest BCUT2D eigenvalue weighted by atomic mass is 79.9. The molecule has 3 aromatic carbocycles. The number of aromatic nitrogens is 2. The number of carbonyl (C=O) groups is 2. The van der Waals surface area contributed by atoms with Crippen LogP contribution in [0.5, 0.6) is 5.75 Å². The van der Waals surface area contributed by atoms with Gasteiger partial charge in [-0.15, -0.1) is 0 Å². The minimum atomic E-state index is -0.337. The van der Waals surface area contributed by atoms with Crippen molar-refractivity contribution in [1.82, 2.24) is 20.0 Å². The lowest BCUT2D eigenvalue weighted by Crippen LogP contribution is -2.41. The summed E-state index contributed by atoms with van der Waals surface area (Å²) in [7, 11) is 1.62. The van der Waals surface area contributed by atoms with Crippen LogP contribution in [0.15, 0.2) is 95.2 Å². The summed E-state index contributed by atoms with van der Waals surface area (Å²) in [5.74, 6) is 0.166. The zero-order valence-electron chi connectivity index (χ0n) is 21.6. The number of ether oxygens (including phenoxy) is 1. The molecule has 8 heteroatoms. The molecule has 2 amide bonds. The largest absolute Gasteiger partial charge is 0.496 e. The number of rotatable bonds is 7. The first-order valence-corrected chi connectivity index (χ1v) is 13.7. The molecule has 0 radical (unpaired) electrons. The molecular formula is C31H29BrN4O3. The number of nitrogens with zero attached hydrogens (tertiary/aromatic N) is 3. The molecule has 1 aliphatic heterocycles. The molecule has 0 unspecified atom stereocenters. The van der Waals surface area contributed by atoms with Crippen molar-refractivity contribution < 1.29 is 14.3 Å². The van der Waals surface area contributed by atoms with Crippen LogP contribution in [0, 0.1) is 0 Å². The normalized spacial score (nSPS) is 13.7. The smallest absolute Gasteiger partial charge is 0.270 e. The van der Waals surface area contributed by atoms with Crippen LogP contribution in [0.25, 0.3) is 23.0 Å². The van der Waals surface area contributed by atoms with E-state index in [9.17, 15) is 9.59 Å². The van der Waals surface area contributed by atoms with Gasteiger partial charge in [-0.3, -0.25) is 9.59 Å². The number of carbonyl (C=O) groups excluding carboxylic acids is 2. The predicted molar refractivity (Wildman–Crippen MR) is 156 cm³/mol. The Morgan fingerprint density at radius 2 is 1.64 bits per heavy atom. The van der Waals surface area contributed by atoms with Crippen LogP contribution in [0.1, 0.15) is 35.2 Å². The Hall–Kier alpha value is -4.17. The van der Waals surface area contributed by atoms with E-state index in [1.165, 1.54) is 0 Å². The molecule has 5 rings (SSSR count). The van der Waals surface area contributed by atoms with E-state index in [0.717, 1.165) is 35.0 Å². The zero-order valence-corrected chi connectivity index (χ0v) is 23.2. The molecule has 1 fully saturated rings. The molecule has 4 aromatic rings. The van der Waals surface area contributed by atoms with Crippen molar-refractivity contribution in [2.24, 2.45) is 0 Å². The summed E-state index contributed by atoms with van der Waals surface area (Å²) in [6.07, 6.45) is 6.60. The Labute approximate surface area is 236 Å². The lowest BCUT2D eigenvalue weighted by atomic mass is 10.1. The van der Waals surface area contributed by atoms with Gasteiger partial charge >= 0.3 is 0 Å². The molecule has 1 N–H and O–H groups in total. The lowest BCUT2D eigenvalue weighted by Gasteiger charge is -2.27. The fourth-order valence-corrected chi connectivity index (χ4v) is 5.14. The van der Waals surface area contributed by atoms with Crippen LogP contribution in [-0.4, -0.2) is 46.7 Å². The molecule has 2 heterocycles. The summed E-state index contributed by atoms with van der Waals surface area (Å²) < 4.78 is 7.97. The summed E-state index contributed by atoms with van der Waals surface area (Å²) in [6.45, 7) is 1.33. The number of nitrogens with one attached hydrogen (secondary N) is 1. The van der Waals surface area contributed by atoms with Crippen LogP contribution >= 0.6 is 15.9 Å². The Morgan fingerprint density at radius 3 is 2.31 bits per heavy atom. The van der Waals surface area contributed by atoms with Gasteiger partial charge in [0.2, 0.25) is 0 Å². The van der Waals surface area contributed by atoms with Crippen molar-refractivity contribution in [3.63, 3.8) is 0 Å². The van der Waals surface area contributed by atoms with Gasteiger partial charge in [-0.05, 0) is 83.7 Å². The first-order chi connectivity index (χ1) is 19.0. The van der Waals surface area contributed by atoms with Gasteiger partial charge in [0.05, 0.1) is 17.3 Å². The van der Waals surface area contributed by atoms with Gasteiger partial charge < -0.3 is 15.0 Å². The molecule has 39 heavy (non-hydrogen) atoms. The maximum Gasteiger partial charge on any atom is 0.270 e. The SMILES string of the molecule is COc1ccc(-c2nn(-c3ccccc3)cc2/C=C(\NC(=O)c2ccccc2)C(=O)N2CCCCC2)cc1Br. The lowest BCUT2D eigenvalue weighted by molar-refractivity contribution is -0.128. The highest BCUT2D eigenvalue weighted by Crippen LogP contribution is 2.33. The van der Waals surface area contributed by atoms with Crippen molar-refractivity contribution in [2.45, 2.75) is 19.3 Å². The quantitative estimate of drug-likeness (QED) is 0.266. The second-order valence-electron chi connectivity index (χ2n) is 9.29. The fourth-order valence-electron chi connectivity index (χ4n) is 4.60. The fraction of sp³-hybridized carbons (Fsp3) is 0.194.